The molecule has 0 aromatic carbocycles. The zero-order chi connectivity index (χ0) is 17.4. The van der Waals surface area contributed by atoms with Crippen LogP contribution in [0.4, 0.5) is 5.69 Å². The molecule has 1 atom stereocenters. The standard InChI is InChI=1S/C16H19ClN4O2S/c1-2-21(10-14(22)19-9-12-5-4-8-24-12)11-15(23)20-13-6-3-7-18-16(13)17/h3-8H,2,9-11H2,1H3,(H,19,22)(H,20,23)/p+1. The second kappa shape index (κ2) is 9.36. The number of nitrogens with zero attached hydrogens (tertiary/aromatic N) is 1. The Morgan fingerprint density at radius 2 is 2.04 bits per heavy atom. The van der Waals surface area contributed by atoms with E-state index < -0.39 is 0 Å². The molecule has 128 valence electrons. The summed E-state index contributed by atoms with van der Waals surface area (Å²) in [6.07, 6.45) is 1.56. The van der Waals surface area contributed by atoms with Crippen LogP contribution in [-0.4, -0.2) is 36.4 Å². The van der Waals surface area contributed by atoms with Gasteiger partial charge in [-0.05, 0) is 30.5 Å². The van der Waals surface area contributed by atoms with E-state index in [1.165, 1.54) is 0 Å². The Bertz CT molecular complexity index is 678. The third-order valence-corrected chi connectivity index (χ3v) is 4.57. The number of carbonyl (C=O) groups excluding carboxylic acids is 2. The summed E-state index contributed by atoms with van der Waals surface area (Å²) in [5.74, 6) is -0.278. The van der Waals surface area contributed by atoms with E-state index in [1.54, 1.807) is 29.7 Å². The third kappa shape index (κ3) is 5.92. The minimum atomic E-state index is -0.201. The summed E-state index contributed by atoms with van der Waals surface area (Å²) in [7, 11) is 0. The van der Waals surface area contributed by atoms with E-state index in [0.29, 0.717) is 18.8 Å². The maximum atomic E-state index is 12.1. The van der Waals surface area contributed by atoms with Crippen molar-refractivity contribution in [2.75, 3.05) is 25.0 Å². The van der Waals surface area contributed by atoms with Gasteiger partial charge in [-0.1, -0.05) is 17.7 Å². The number of anilines is 1. The molecule has 0 saturated heterocycles. The molecule has 24 heavy (non-hydrogen) atoms. The number of nitrogens with one attached hydrogen (secondary N) is 3. The Labute approximate surface area is 149 Å². The van der Waals surface area contributed by atoms with Crippen molar-refractivity contribution in [1.82, 2.24) is 10.3 Å². The normalized spacial score (nSPS) is 11.8. The number of likely N-dealkylation sites (N-methyl/N-ethyl adjacent to an activating group) is 1. The van der Waals surface area contributed by atoms with E-state index in [-0.39, 0.29) is 30.1 Å². The second-order valence-corrected chi connectivity index (χ2v) is 6.59. The Balaban J connectivity index is 1.79. The molecule has 0 fully saturated rings. The van der Waals surface area contributed by atoms with Crippen molar-refractivity contribution >= 4 is 40.4 Å². The lowest BCUT2D eigenvalue weighted by atomic mass is 10.3. The van der Waals surface area contributed by atoms with Crippen molar-refractivity contribution in [1.29, 1.82) is 0 Å². The quantitative estimate of drug-likeness (QED) is 0.608. The minimum absolute atomic E-state index is 0.0764. The first kappa shape index (κ1) is 18.4. The van der Waals surface area contributed by atoms with Gasteiger partial charge < -0.3 is 15.5 Å². The summed E-state index contributed by atoms with van der Waals surface area (Å²) >= 11 is 7.52. The van der Waals surface area contributed by atoms with Crippen molar-refractivity contribution < 1.29 is 14.5 Å². The molecule has 2 aromatic rings. The van der Waals surface area contributed by atoms with Crippen molar-refractivity contribution in [3.63, 3.8) is 0 Å². The van der Waals surface area contributed by atoms with Gasteiger partial charge in [-0.2, -0.15) is 0 Å². The minimum Gasteiger partial charge on any atom is -0.346 e. The smallest absolute Gasteiger partial charge is 0.279 e. The summed E-state index contributed by atoms with van der Waals surface area (Å²) in [5, 5.41) is 7.81. The van der Waals surface area contributed by atoms with E-state index in [9.17, 15) is 9.59 Å². The number of aromatic nitrogens is 1. The molecule has 2 rings (SSSR count). The van der Waals surface area contributed by atoms with Gasteiger partial charge in [-0.25, -0.2) is 4.98 Å². The number of pyridine rings is 1. The summed E-state index contributed by atoms with van der Waals surface area (Å²) in [6.45, 7) is 3.56. The zero-order valence-electron chi connectivity index (χ0n) is 13.3. The van der Waals surface area contributed by atoms with E-state index in [2.05, 4.69) is 15.6 Å². The van der Waals surface area contributed by atoms with Crippen LogP contribution in [0.2, 0.25) is 5.15 Å². The molecule has 3 N–H and O–H groups in total. The van der Waals surface area contributed by atoms with Crippen LogP contribution in [-0.2, 0) is 16.1 Å². The fraction of sp³-hybridized carbons (Fsp3) is 0.312. The van der Waals surface area contributed by atoms with Crippen molar-refractivity contribution in [3.05, 3.63) is 45.9 Å². The van der Waals surface area contributed by atoms with Gasteiger partial charge in [0.05, 0.1) is 18.8 Å². The first-order valence-corrected chi connectivity index (χ1v) is 8.87. The number of thiophene rings is 1. The molecule has 0 spiro atoms. The molecule has 2 amide bonds. The van der Waals surface area contributed by atoms with Crippen LogP contribution in [0.15, 0.2) is 35.8 Å². The van der Waals surface area contributed by atoms with Crippen LogP contribution in [0.1, 0.15) is 11.8 Å². The third-order valence-electron chi connectivity index (χ3n) is 3.39. The highest BCUT2D eigenvalue weighted by Crippen LogP contribution is 2.16. The molecule has 0 aliphatic rings. The van der Waals surface area contributed by atoms with Gasteiger partial charge in [0, 0.05) is 11.1 Å². The molecule has 2 heterocycles. The van der Waals surface area contributed by atoms with Crippen molar-refractivity contribution in [3.8, 4) is 0 Å². The molecule has 6 nitrogen and oxygen atoms in total. The number of hydrogen-bond donors (Lipinski definition) is 3. The van der Waals surface area contributed by atoms with E-state index in [4.69, 9.17) is 11.6 Å². The molecule has 0 bridgehead atoms. The second-order valence-electron chi connectivity index (χ2n) is 5.20. The van der Waals surface area contributed by atoms with Gasteiger partial charge in [0.1, 0.15) is 0 Å². The van der Waals surface area contributed by atoms with Crippen LogP contribution >= 0.6 is 22.9 Å². The predicted octanol–water partition coefficient (Wildman–Crippen LogP) is 0.956. The fourth-order valence-corrected chi connectivity index (χ4v) is 2.91. The topological polar surface area (TPSA) is 75.5 Å². The zero-order valence-corrected chi connectivity index (χ0v) is 14.9. The van der Waals surface area contributed by atoms with Crippen LogP contribution in [0.5, 0.6) is 0 Å². The summed E-state index contributed by atoms with van der Waals surface area (Å²) in [4.78, 5) is 30.0. The van der Waals surface area contributed by atoms with Crippen LogP contribution in [0, 0.1) is 0 Å². The largest absolute Gasteiger partial charge is 0.346 e. The molecule has 2 aromatic heterocycles. The highest BCUT2D eigenvalue weighted by atomic mass is 35.5. The molecular weight excluding hydrogens is 348 g/mol. The van der Waals surface area contributed by atoms with Gasteiger partial charge in [-0.15, -0.1) is 11.3 Å². The molecule has 0 saturated carbocycles. The summed E-state index contributed by atoms with van der Waals surface area (Å²) < 4.78 is 0. The number of halogens is 1. The van der Waals surface area contributed by atoms with E-state index in [1.807, 2.05) is 24.4 Å². The fourth-order valence-electron chi connectivity index (χ4n) is 2.10. The van der Waals surface area contributed by atoms with Gasteiger partial charge in [0.15, 0.2) is 18.2 Å². The molecule has 8 heteroatoms. The lowest BCUT2D eigenvalue weighted by Crippen LogP contribution is -3.13. The van der Waals surface area contributed by atoms with Gasteiger partial charge in [0.2, 0.25) is 0 Å². The van der Waals surface area contributed by atoms with Crippen LogP contribution in [0.25, 0.3) is 0 Å². The Morgan fingerprint density at radius 1 is 1.25 bits per heavy atom. The highest BCUT2D eigenvalue weighted by Gasteiger charge is 2.17. The molecule has 1 unspecified atom stereocenters. The van der Waals surface area contributed by atoms with Gasteiger partial charge >= 0.3 is 0 Å². The lowest BCUT2D eigenvalue weighted by Gasteiger charge is -2.17. The predicted molar refractivity (Wildman–Crippen MR) is 95.3 cm³/mol. The SMILES string of the molecule is CC[NH+](CC(=O)NCc1cccs1)CC(=O)Nc1cccnc1Cl. The molecule has 0 aliphatic heterocycles. The van der Waals surface area contributed by atoms with Crippen molar-refractivity contribution in [2.24, 2.45) is 0 Å². The first-order chi connectivity index (χ1) is 11.6. The lowest BCUT2D eigenvalue weighted by molar-refractivity contribution is -0.881. The number of rotatable bonds is 8. The maximum Gasteiger partial charge on any atom is 0.279 e. The maximum absolute atomic E-state index is 12.1. The highest BCUT2D eigenvalue weighted by molar-refractivity contribution is 7.09. The van der Waals surface area contributed by atoms with Crippen molar-refractivity contribution in [2.45, 2.75) is 13.5 Å². The number of carbonyl (C=O) groups is 2. The van der Waals surface area contributed by atoms with E-state index in [0.717, 1.165) is 9.78 Å². The molecule has 0 aliphatic carbocycles. The molecule has 0 radical (unpaired) electrons. The van der Waals surface area contributed by atoms with Gasteiger partial charge in [-0.3, -0.25) is 9.59 Å². The molecular formula is C16H20ClN4O2S+. The number of hydrogen-bond acceptors (Lipinski definition) is 4. The Hall–Kier alpha value is -1.96. The monoisotopic (exact) mass is 367 g/mol. The average Bonchev–Trinajstić information content (AvgIpc) is 3.08. The van der Waals surface area contributed by atoms with Crippen LogP contribution < -0.4 is 15.5 Å². The number of amides is 2. The number of quaternary nitrogens is 1. The Morgan fingerprint density at radius 3 is 2.71 bits per heavy atom. The summed E-state index contributed by atoms with van der Waals surface area (Å²) in [5.41, 5.74) is 0.474. The average molecular weight is 368 g/mol. The van der Waals surface area contributed by atoms with E-state index >= 15 is 0 Å². The van der Waals surface area contributed by atoms with Gasteiger partial charge in [0.25, 0.3) is 11.8 Å². The first-order valence-electron chi connectivity index (χ1n) is 7.61. The van der Waals surface area contributed by atoms with Crippen LogP contribution in [0.3, 0.4) is 0 Å². The Kier molecular flexibility index (Phi) is 7.17. The summed E-state index contributed by atoms with van der Waals surface area (Å²) in [6, 6.07) is 7.31.